The van der Waals surface area contributed by atoms with E-state index in [1.807, 2.05) is 13.0 Å². The second-order valence-corrected chi connectivity index (χ2v) is 8.95. The van der Waals surface area contributed by atoms with Gasteiger partial charge in [-0.25, -0.2) is 19.3 Å². The van der Waals surface area contributed by atoms with Crippen LogP contribution in [0.3, 0.4) is 0 Å². The second-order valence-electron chi connectivity index (χ2n) is 6.17. The van der Waals surface area contributed by atoms with E-state index in [1.54, 1.807) is 42.5 Å². The third-order valence-electron chi connectivity index (χ3n) is 4.08. The molecule has 1 aliphatic rings. The first kappa shape index (κ1) is 20.6. The summed E-state index contributed by atoms with van der Waals surface area (Å²) in [6, 6.07) is 13.1. The van der Waals surface area contributed by atoms with E-state index in [0.29, 0.717) is 23.7 Å². The number of hydrazine groups is 1. The van der Waals surface area contributed by atoms with E-state index in [4.69, 9.17) is 4.74 Å². The zero-order valence-corrected chi connectivity index (χ0v) is 17.5. The van der Waals surface area contributed by atoms with Gasteiger partial charge in [-0.3, -0.25) is 9.52 Å². The van der Waals surface area contributed by atoms with Crippen molar-refractivity contribution in [3.05, 3.63) is 53.0 Å². The van der Waals surface area contributed by atoms with Crippen LogP contribution in [0.4, 0.5) is 11.4 Å². The van der Waals surface area contributed by atoms with Crippen molar-refractivity contribution in [3.8, 4) is 5.75 Å². The molecule has 3 rings (SSSR count). The molecule has 2 atom stereocenters. The monoisotopic (exact) mass is 468 g/mol. The molecule has 2 unspecified atom stereocenters. The van der Waals surface area contributed by atoms with Crippen molar-refractivity contribution in [3.63, 3.8) is 0 Å². The highest BCUT2D eigenvalue weighted by molar-refractivity contribution is 9.10. The average molecular weight is 469 g/mol. The number of nitrogens with one attached hydrogen (secondary N) is 4. The number of halogens is 1. The van der Waals surface area contributed by atoms with E-state index in [0.717, 1.165) is 4.47 Å². The quantitative estimate of drug-likeness (QED) is 0.496. The lowest BCUT2D eigenvalue weighted by Gasteiger charge is -2.14. The Morgan fingerprint density at radius 3 is 2.61 bits per heavy atom. The first-order valence-electron chi connectivity index (χ1n) is 8.69. The number of hydrogen-bond donors (Lipinski definition) is 4. The molecule has 0 spiro atoms. The predicted octanol–water partition coefficient (Wildman–Crippen LogP) is 2.42. The number of anilines is 2. The number of carbonyl (C=O) groups is 1. The molecule has 10 heteroatoms. The fourth-order valence-corrected chi connectivity index (χ4v) is 4.39. The Morgan fingerprint density at radius 2 is 1.93 bits per heavy atom. The molecule has 0 aliphatic carbocycles. The molecule has 0 bridgehead atoms. The van der Waals surface area contributed by atoms with Crippen LogP contribution in [0.1, 0.15) is 13.3 Å². The van der Waals surface area contributed by atoms with Crippen molar-refractivity contribution < 1.29 is 17.9 Å². The van der Waals surface area contributed by atoms with Crippen molar-refractivity contribution in [2.24, 2.45) is 0 Å². The summed E-state index contributed by atoms with van der Waals surface area (Å²) in [5.41, 5.74) is 6.48. The zero-order valence-electron chi connectivity index (χ0n) is 15.1. The highest BCUT2D eigenvalue weighted by Gasteiger charge is 2.37. The van der Waals surface area contributed by atoms with E-state index in [9.17, 15) is 13.2 Å². The maximum atomic E-state index is 12.6. The van der Waals surface area contributed by atoms with E-state index in [-0.39, 0.29) is 12.3 Å². The Hall–Kier alpha value is -2.14. The Morgan fingerprint density at radius 1 is 1.18 bits per heavy atom. The topological polar surface area (TPSA) is 109 Å². The van der Waals surface area contributed by atoms with Crippen molar-refractivity contribution in [2.75, 3.05) is 16.6 Å². The largest absolute Gasteiger partial charge is 0.494 e. The number of carbonyl (C=O) groups excluding carboxylic acids is 1. The van der Waals surface area contributed by atoms with Gasteiger partial charge in [-0.15, -0.1) is 0 Å². The van der Waals surface area contributed by atoms with Crippen molar-refractivity contribution in [2.45, 2.75) is 24.8 Å². The first-order valence-corrected chi connectivity index (χ1v) is 11.0. The number of sulfonamides is 1. The smallest absolute Gasteiger partial charge is 0.250 e. The fraction of sp³-hybridized carbons (Fsp3) is 0.278. The van der Waals surface area contributed by atoms with Crippen LogP contribution in [0.15, 0.2) is 53.0 Å². The lowest BCUT2D eigenvalue weighted by molar-refractivity contribution is -0.117. The van der Waals surface area contributed by atoms with Gasteiger partial charge in [0.05, 0.1) is 6.61 Å². The van der Waals surface area contributed by atoms with E-state index in [1.165, 1.54) is 0 Å². The van der Waals surface area contributed by atoms with Crippen LogP contribution in [-0.2, 0) is 14.8 Å². The number of ether oxygens (including phenoxy) is 1. The molecule has 0 radical (unpaired) electrons. The molecule has 1 aliphatic heterocycles. The highest BCUT2D eigenvalue weighted by atomic mass is 79.9. The normalized spacial score (nSPS) is 19.2. The standard InChI is InChI=1S/C18H21BrN4O4S/c1-2-27-15-8-6-13(7-9-15)23-28(25,26)17-11-16(21-22-17)18(24)20-14-5-3-4-12(19)10-14/h3-10,16-17,21-23H,2,11H2,1H3,(H,20,24). The van der Waals surface area contributed by atoms with Crippen LogP contribution in [0, 0.1) is 0 Å². The summed E-state index contributed by atoms with van der Waals surface area (Å²) in [7, 11) is -3.74. The van der Waals surface area contributed by atoms with E-state index in [2.05, 4.69) is 36.8 Å². The summed E-state index contributed by atoms with van der Waals surface area (Å²) in [5.74, 6) is 0.347. The summed E-state index contributed by atoms with van der Waals surface area (Å²) < 4.78 is 33.9. The number of hydrogen-bond acceptors (Lipinski definition) is 6. The van der Waals surface area contributed by atoms with Gasteiger partial charge >= 0.3 is 0 Å². The Balaban J connectivity index is 1.59. The summed E-state index contributed by atoms with van der Waals surface area (Å²) in [6.45, 7) is 2.41. The number of rotatable bonds is 7. The molecule has 1 heterocycles. The van der Waals surface area contributed by atoms with Gasteiger partial charge in [0, 0.05) is 22.3 Å². The average Bonchev–Trinajstić information content (AvgIpc) is 3.15. The molecule has 2 aromatic carbocycles. The third-order valence-corrected chi connectivity index (χ3v) is 6.15. The minimum atomic E-state index is -3.74. The molecule has 1 amide bonds. The molecule has 8 nitrogen and oxygen atoms in total. The van der Waals surface area contributed by atoms with Crippen molar-refractivity contribution >= 4 is 43.2 Å². The van der Waals surface area contributed by atoms with Crippen molar-refractivity contribution in [1.82, 2.24) is 10.9 Å². The van der Waals surface area contributed by atoms with Gasteiger partial charge in [-0.1, -0.05) is 22.0 Å². The zero-order chi connectivity index (χ0) is 20.1. The second kappa shape index (κ2) is 8.91. The van der Waals surface area contributed by atoms with E-state index >= 15 is 0 Å². The minimum Gasteiger partial charge on any atom is -0.494 e. The van der Waals surface area contributed by atoms with Crippen LogP contribution in [0.5, 0.6) is 5.75 Å². The summed E-state index contributed by atoms with van der Waals surface area (Å²) in [4.78, 5) is 12.4. The summed E-state index contributed by atoms with van der Waals surface area (Å²) >= 11 is 3.34. The molecular weight excluding hydrogens is 448 g/mol. The van der Waals surface area contributed by atoms with Gasteiger partial charge < -0.3 is 10.1 Å². The Labute approximate surface area is 172 Å². The molecule has 1 fully saturated rings. The van der Waals surface area contributed by atoms with Crippen LogP contribution in [0.25, 0.3) is 0 Å². The molecule has 1 saturated heterocycles. The highest BCUT2D eigenvalue weighted by Crippen LogP contribution is 2.21. The van der Waals surface area contributed by atoms with Crippen LogP contribution in [-0.4, -0.2) is 32.3 Å². The van der Waals surface area contributed by atoms with E-state index < -0.39 is 21.4 Å². The van der Waals surface area contributed by atoms with Gasteiger partial charge in [-0.05, 0) is 49.4 Å². The van der Waals surface area contributed by atoms with Gasteiger partial charge in [0.1, 0.15) is 17.2 Å². The number of amides is 1. The van der Waals surface area contributed by atoms with Crippen LogP contribution < -0.4 is 25.6 Å². The molecule has 0 saturated carbocycles. The molecule has 150 valence electrons. The van der Waals surface area contributed by atoms with Gasteiger partial charge in [-0.2, -0.15) is 0 Å². The first-order chi connectivity index (χ1) is 13.4. The van der Waals surface area contributed by atoms with Crippen molar-refractivity contribution in [1.29, 1.82) is 0 Å². The molecule has 28 heavy (non-hydrogen) atoms. The molecular formula is C18H21BrN4O4S. The van der Waals surface area contributed by atoms with Gasteiger partial charge in [0.15, 0.2) is 0 Å². The molecule has 4 N–H and O–H groups in total. The van der Waals surface area contributed by atoms with Crippen LogP contribution >= 0.6 is 15.9 Å². The predicted molar refractivity (Wildman–Crippen MR) is 111 cm³/mol. The lowest BCUT2D eigenvalue weighted by Crippen LogP contribution is -2.42. The SMILES string of the molecule is CCOc1ccc(NS(=O)(=O)C2CC(C(=O)Nc3cccc(Br)c3)NN2)cc1. The third kappa shape index (κ3) is 5.22. The Bertz CT molecular complexity index is 937. The Kier molecular flexibility index (Phi) is 6.55. The summed E-state index contributed by atoms with van der Waals surface area (Å²) in [5, 5.41) is 1.82. The van der Waals surface area contributed by atoms with Crippen LogP contribution in [0.2, 0.25) is 0 Å². The lowest BCUT2D eigenvalue weighted by atomic mass is 10.2. The minimum absolute atomic E-state index is 0.0895. The van der Waals surface area contributed by atoms with Gasteiger partial charge in [0.25, 0.3) is 0 Å². The number of benzene rings is 2. The fourth-order valence-electron chi connectivity index (χ4n) is 2.72. The maximum Gasteiger partial charge on any atom is 0.250 e. The summed E-state index contributed by atoms with van der Waals surface area (Å²) in [6.07, 6.45) is 0.0895. The van der Waals surface area contributed by atoms with Gasteiger partial charge in [0.2, 0.25) is 15.9 Å². The maximum absolute atomic E-state index is 12.6. The molecule has 0 aromatic heterocycles. The molecule has 2 aromatic rings.